The highest BCUT2D eigenvalue weighted by molar-refractivity contribution is 6.29. The van der Waals surface area contributed by atoms with Crippen molar-refractivity contribution < 1.29 is 4.79 Å². The van der Waals surface area contributed by atoms with Gasteiger partial charge in [-0.1, -0.05) is 17.7 Å². The van der Waals surface area contributed by atoms with Crippen LogP contribution in [-0.4, -0.2) is 25.0 Å². The Labute approximate surface area is 117 Å². The van der Waals surface area contributed by atoms with Crippen LogP contribution in [0.5, 0.6) is 0 Å². The van der Waals surface area contributed by atoms with Crippen LogP contribution in [-0.2, 0) is 0 Å². The summed E-state index contributed by atoms with van der Waals surface area (Å²) < 4.78 is 0. The first-order valence-electron chi connectivity index (χ1n) is 5.76. The van der Waals surface area contributed by atoms with Gasteiger partial charge >= 0.3 is 0 Å². The molecule has 1 aromatic heterocycles. The number of anilines is 2. The molecule has 19 heavy (non-hydrogen) atoms. The van der Waals surface area contributed by atoms with Crippen molar-refractivity contribution in [2.75, 3.05) is 24.3 Å². The molecule has 0 bridgehead atoms. The highest BCUT2D eigenvalue weighted by Crippen LogP contribution is 2.18. The second-order valence-electron chi connectivity index (χ2n) is 4.27. The summed E-state index contributed by atoms with van der Waals surface area (Å²) in [5.41, 5.74) is 2.24. The van der Waals surface area contributed by atoms with Crippen molar-refractivity contribution in [2.24, 2.45) is 0 Å². The smallest absolute Gasteiger partial charge is 0.255 e. The molecule has 0 atom stereocenters. The van der Waals surface area contributed by atoms with Crippen molar-refractivity contribution in [2.45, 2.75) is 0 Å². The summed E-state index contributed by atoms with van der Waals surface area (Å²) in [4.78, 5) is 17.9. The number of aromatic nitrogens is 1. The Morgan fingerprint density at radius 3 is 2.74 bits per heavy atom. The van der Waals surface area contributed by atoms with Crippen molar-refractivity contribution in [3.8, 4) is 0 Å². The van der Waals surface area contributed by atoms with Crippen LogP contribution >= 0.6 is 11.6 Å². The van der Waals surface area contributed by atoms with Crippen LogP contribution < -0.4 is 10.2 Å². The molecule has 2 aromatic rings. The minimum Gasteiger partial charge on any atom is -0.378 e. The predicted octanol–water partition coefficient (Wildman–Crippen LogP) is 3.05. The lowest BCUT2D eigenvalue weighted by atomic mass is 10.2. The summed E-state index contributed by atoms with van der Waals surface area (Å²) in [5.74, 6) is -0.208. The SMILES string of the molecule is CN(C)c1cccc(NC(=O)c2ccnc(Cl)c2)c1. The van der Waals surface area contributed by atoms with Crippen molar-refractivity contribution in [3.63, 3.8) is 0 Å². The molecular formula is C14H14ClN3O. The number of benzene rings is 1. The van der Waals surface area contributed by atoms with Gasteiger partial charge in [0.2, 0.25) is 0 Å². The molecule has 0 unspecified atom stereocenters. The molecule has 1 amide bonds. The van der Waals surface area contributed by atoms with Gasteiger partial charge in [-0.25, -0.2) is 4.98 Å². The Morgan fingerprint density at radius 1 is 1.26 bits per heavy atom. The molecule has 0 aliphatic carbocycles. The van der Waals surface area contributed by atoms with Gasteiger partial charge in [-0.2, -0.15) is 0 Å². The van der Waals surface area contributed by atoms with Crippen molar-refractivity contribution in [1.29, 1.82) is 0 Å². The van der Waals surface area contributed by atoms with Crippen molar-refractivity contribution in [1.82, 2.24) is 4.98 Å². The van der Waals surface area contributed by atoms with Gasteiger partial charge in [0.25, 0.3) is 5.91 Å². The van der Waals surface area contributed by atoms with E-state index in [9.17, 15) is 4.79 Å². The minimum absolute atomic E-state index is 0.208. The average Bonchev–Trinajstić information content (AvgIpc) is 2.39. The number of halogens is 1. The van der Waals surface area contributed by atoms with Crippen LogP contribution in [0, 0.1) is 0 Å². The van der Waals surface area contributed by atoms with Gasteiger partial charge in [0.15, 0.2) is 0 Å². The lowest BCUT2D eigenvalue weighted by Gasteiger charge is -2.14. The fourth-order valence-corrected chi connectivity index (χ4v) is 1.78. The first kappa shape index (κ1) is 13.4. The summed E-state index contributed by atoms with van der Waals surface area (Å²) in [6.07, 6.45) is 1.51. The van der Waals surface area contributed by atoms with Gasteiger partial charge in [-0.15, -0.1) is 0 Å². The van der Waals surface area contributed by atoms with Crippen LogP contribution in [0.4, 0.5) is 11.4 Å². The average molecular weight is 276 g/mol. The maximum absolute atomic E-state index is 12.0. The Balaban J connectivity index is 2.17. The van der Waals surface area contributed by atoms with E-state index in [4.69, 9.17) is 11.6 Å². The summed E-state index contributed by atoms with van der Waals surface area (Å²) in [5, 5.41) is 3.13. The maximum atomic E-state index is 12.0. The van der Waals surface area contributed by atoms with Gasteiger partial charge in [0.1, 0.15) is 5.15 Å². The highest BCUT2D eigenvalue weighted by Gasteiger charge is 2.07. The Bertz CT molecular complexity index is 599. The summed E-state index contributed by atoms with van der Waals surface area (Å²) >= 11 is 5.76. The number of hydrogen-bond donors (Lipinski definition) is 1. The molecule has 0 aliphatic heterocycles. The van der Waals surface area contributed by atoms with Crippen LogP contribution in [0.3, 0.4) is 0 Å². The van der Waals surface area contributed by atoms with Gasteiger partial charge in [0.05, 0.1) is 0 Å². The monoisotopic (exact) mass is 275 g/mol. The molecule has 98 valence electrons. The second kappa shape index (κ2) is 5.71. The molecule has 4 nitrogen and oxygen atoms in total. The molecule has 1 aromatic carbocycles. The maximum Gasteiger partial charge on any atom is 0.255 e. The highest BCUT2D eigenvalue weighted by atomic mass is 35.5. The Kier molecular flexibility index (Phi) is 4.02. The molecule has 0 radical (unpaired) electrons. The van der Waals surface area contributed by atoms with E-state index in [2.05, 4.69) is 10.3 Å². The third-order valence-corrected chi connectivity index (χ3v) is 2.82. The zero-order chi connectivity index (χ0) is 13.8. The standard InChI is InChI=1S/C14H14ClN3O/c1-18(2)12-5-3-4-11(9-12)17-14(19)10-6-7-16-13(15)8-10/h3-9H,1-2H3,(H,17,19). The van der Waals surface area contributed by atoms with Gasteiger partial charge in [0, 0.05) is 37.2 Å². The van der Waals surface area contributed by atoms with E-state index in [1.165, 1.54) is 12.3 Å². The number of carbonyl (C=O) groups is 1. The number of pyridine rings is 1. The van der Waals surface area contributed by atoms with Crippen LogP contribution in [0.15, 0.2) is 42.6 Å². The number of rotatable bonds is 3. The zero-order valence-corrected chi connectivity index (χ0v) is 11.5. The van der Waals surface area contributed by atoms with Crippen molar-refractivity contribution >= 4 is 28.9 Å². The predicted molar refractivity (Wildman–Crippen MR) is 78.0 cm³/mol. The van der Waals surface area contributed by atoms with E-state index < -0.39 is 0 Å². The first-order chi connectivity index (χ1) is 9.06. The molecule has 1 heterocycles. The Hall–Kier alpha value is -2.07. The zero-order valence-electron chi connectivity index (χ0n) is 10.7. The van der Waals surface area contributed by atoms with Crippen LogP contribution in [0.25, 0.3) is 0 Å². The van der Waals surface area contributed by atoms with E-state index in [0.29, 0.717) is 10.7 Å². The summed E-state index contributed by atoms with van der Waals surface area (Å²) in [6.45, 7) is 0. The minimum atomic E-state index is -0.208. The molecular weight excluding hydrogens is 262 g/mol. The third kappa shape index (κ3) is 3.45. The van der Waals surface area contributed by atoms with E-state index >= 15 is 0 Å². The molecule has 0 aliphatic rings. The molecule has 5 heteroatoms. The topological polar surface area (TPSA) is 45.2 Å². The van der Waals surface area contributed by atoms with Gasteiger partial charge in [-0.05, 0) is 30.3 Å². The molecule has 0 spiro atoms. The molecule has 0 saturated carbocycles. The molecule has 1 N–H and O–H groups in total. The fourth-order valence-electron chi connectivity index (χ4n) is 1.61. The largest absolute Gasteiger partial charge is 0.378 e. The normalized spacial score (nSPS) is 10.1. The van der Waals surface area contributed by atoms with Crippen LogP contribution in [0.1, 0.15) is 10.4 Å². The second-order valence-corrected chi connectivity index (χ2v) is 4.65. The van der Waals surface area contributed by atoms with E-state index in [0.717, 1.165) is 11.4 Å². The lowest BCUT2D eigenvalue weighted by Crippen LogP contribution is -2.13. The van der Waals surface area contributed by atoms with Gasteiger partial charge in [-0.3, -0.25) is 4.79 Å². The van der Waals surface area contributed by atoms with Gasteiger partial charge < -0.3 is 10.2 Å². The number of nitrogens with zero attached hydrogens (tertiary/aromatic N) is 2. The quantitative estimate of drug-likeness (QED) is 0.876. The number of hydrogen-bond acceptors (Lipinski definition) is 3. The van der Waals surface area contributed by atoms with E-state index in [1.54, 1.807) is 6.07 Å². The first-order valence-corrected chi connectivity index (χ1v) is 6.14. The lowest BCUT2D eigenvalue weighted by molar-refractivity contribution is 0.102. The van der Waals surface area contributed by atoms with Crippen LogP contribution in [0.2, 0.25) is 5.15 Å². The van der Waals surface area contributed by atoms with E-state index in [-0.39, 0.29) is 5.91 Å². The molecule has 2 rings (SSSR count). The van der Waals surface area contributed by atoms with E-state index in [1.807, 2.05) is 43.3 Å². The number of carbonyl (C=O) groups excluding carboxylic acids is 1. The molecule has 0 saturated heterocycles. The Morgan fingerprint density at radius 2 is 2.05 bits per heavy atom. The summed E-state index contributed by atoms with van der Waals surface area (Å²) in [7, 11) is 3.90. The molecule has 0 fully saturated rings. The fraction of sp³-hybridized carbons (Fsp3) is 0.143. The number of nitrogens with one attached hydrogen (secondary N) is 1. The third-order valence-electron chi connectivity index (χ3n) is 2.61. The van der Waals surface area contributed by atoms with Crippen molar-refractivity contribution in [3.05, 3.63) is 53.3 Å². The summed E-state index contributed by atoms with van der Waals surface area (Å²) in [6, 6.07) is 10.8. The number of amides is 1.